The molecule has 1 atom stereocenters. The fourth-order valence-corrected chi connectivity index (χ4v) is 3.28. The molecule has 0 radical (unpaired) electrons. The SMILES string of the molecule is CS(=O)(=O)N1CCCC(NC(=O)c2ccc([N+](=O)[O-])cc2)C1. The number of sulfonamides is 1. The smallest absolute Gasteiger partial charge is 0.269 e. The van der Waals surface area contributed by atoms with Crippen molar-refractivity contribution in [2.75, 3.05) is 19.3 Å². The fourth-order valence-electron chi connectivity index (χ4n) is 2.36. The summed E-state index contributed by atoms with van der Waals surface area (Å²) in [6.07, 6.45) is 2.52. The second kappa shape index (κ2) is 6.41. The standard InChI is InChI=1S/C13H17N3O5S/c1-22(20,21)15-8-2-3-11(9-15)14-13(17)10-4-6-12(7-5-10)16(18)19/h4-7,11H,2-3,8-9H2,1H3,(H,14,17). The molecule has 1 heterocycles. The Hall–Kier alpha value is -2.00. The number of rotatable bonds is 4. The molecule has 22 heavy (non-hydrogen) atoms. The fraction of sp³-hybridized carbons (Fsp3) is 0.462. The van der Waals surface area contributed by atoms with Gasteiger partial charge in [-0.3, -0.25) is 14.9 Å². The maximum atomic E-state index is 12.1. The van der Waals surface area contributed by atoms with Crippen molar-refractivity contribution in [2.24, 2.45) is 0 Å². The molecule has 1 aliphatic heterocycles. The van der Waals surface area contributed by atoms with E-state index in [0.717, 1.165) is 6.26 Å². The van der Waals surface area contributed by atoms with Crippen LogP contribution in [0, 0.1) is 10.1 Å². The minimum Gasteiger partial charge on any atom is -0.348 e. The van der Waals surface area contributed by atoms with E-state index in [-0.39, 0.29) is 24.2 Å². The lowest BCUT2D eigenvalue weighted by Crippen LogP contribution is -2.49. The highest BCUT2D eigenvalue weighted by molar-refractivity contribution is 7.88. The van der Waals surface area contributed by atoms with Crippen LogP contribution in [0.1, 0.15) is 23.2 Å². The Kier molecular flexibility index (Phi) is 4.77. The van der Waals surface area contributed by atoms with Crippen LogP contribution in [0.3, 0.4) is 0 Å². The zero-order valence-electron chi connectivity index (χ0n) is 12.1. The summed E-state index contributed by atoms with van der Waals surface area (Å²) >= 11 is 0. The number of carbonyl (C=O) groups is 1. The number of hydrogen-bond acceptors (Lipinski definition) is 5. The van der Waals surface area contributed by atoms with E-state index in [2.05, 4.69) is 5.32 Å². The average Bonchev–Trinajstić information content (AvgIpc) is 2.46. The van der Waals surface area contributed by atoms with E-state index < -0.39 is 14.9 Å². The number of carbonyl (C=O) groups excluding carboxylic acids is 1. The van der Waals surface area contributed by atoms with E-state index in [0.29, 0.717) is 24.9 Å². The number of amides is 1. The molecule has 1 amide bonds. The molecule has 120 valence electrons. The van der Waals surface area contributed by atoms with Gasteiger partial charge >= 0.3 is 0 Å². The molecule has 1 aromatic carbocycles. The minimum absolute atomic E-state index is 0.0857. The van der Waals surface area contributed by atoms with Crippen LogP contribution < -0.4 is 5.32 Å². The first-order valence-corrected chi connectivity index (χ1v) is 8.62. The first-order valence-electron chi connectivity index (χ1n) is 6.78. The molecule has 8 nitrogen and oxygen atoms in total. The van der Waals surface area contributed by atoms with Crippen LogP contribution in [-0.4, -0.2) is 48.9 Å². The summed E-state index contributed by atoms with van der Waals surface area (Å²) in [4.78, 5) is 22.1. The summed E-state index contributed by atoms with van der Waals surface area (Å²) in [5, 5.41) is 13.3. The maximum absolute atomic E-state index is 12.1. The number of hydrogen-bond donors (Lipinski definition) is 1. The molecular weight excluding hydrogens is 310 g/mol. The van der Waals surface area contributed by atoms with Crippen LogP contribution in [0.5, 0.6) is 0 Å². The third-order valence-corrected chi connectivity index (χ3v) is 4.80. The van der Waals surface area contributed by atoms with Gasteiger partial charge in [-0.25, -0.2) is 12.7 Å². The summed E-state index contributed by atoms with van der Waals surface area (Å²) in [6.45, 7) is 0.709. The molecular formula is C13H17N3O5S. The van der Waals surface area contributed by atoms with Crippen molar-refractivity contribution in [3.63, 3.8) is 0 Å². The number of non-ortho nitro benzene ring substituents is 1. The molecule has 0 bridgehead atoms. The lowest BCUT2D eigenvalue weighted by molar-refractivity contribution is -0.384. The topological polar surface area (TPSA) is 110 Å². The van der Waals surface area contributed by atoms with E-state index >= 15 is 0 Å². The zero-order chi connectivity index (χ0) is 16.3. The monoisotopic (exact) mass is 327 g/mol. The van der Waals surface area contributed by atoms with Gasteiger partial charge in [0, 0.05) is 36.8 Å². The van der Waals surface area contributed by atoms with Crippen molar-refractivity contribution in [1.29, 1.82) is 0 Å². The van der Waals surface area contributed by atoms with Crippen LogP contribution in [0.2, 0.25) is 0 Å². The van der Waals surface area contributed by atoms with Gasteiger partial charge in [0.1, 0.15) is 0 Å². The Morgan fingerprint density at radius 2 is 2.00 bits per heavy atom. The number of nitrogens with one attached hydrogen (secondary N) is 1. The van der Waals surface area contributed by atoms with Gasteiger partial charge in [0.25, 0.3) is 11.6 Å². The van der Waals surface area contributed by atoms with E-state index in [9.17, 15) is 23.3 Å². The Balaban J connectivity index is 2.01. The Bertz CT molecular complexity index is 671. The molecule has 2 rings (SSSR count). The Morgan fingerprint density at radius 1 is 1.36 bits per heavy atom. The van der Waals surface area contributed by atoms with Crippen molar-refractivity contribution in [3.8, 4) is 0 Å². The second-order valence-corrected chi connectivity index (χ2v) is 7.22. The molecule has 1 unspecified atom stereocenters. The Morgan fingerprint density at radius 3 is 2.55 bits per heavy atom. The molecule has 9 heteroatoms. The molecule has 1 fully saturated rings. The minimum atomic E-state index is -3.27. The van der Waals surface area contributed by atoms with Gasteiger partial charge < -0.3 is 5.32 Å². The van der Waals surface area contributed by atoms with Gasteiger partial charge in [0.15, 0.2) is 0 Å². The third kappa shape index (κ3) is 4.01. The van der Waals surface area contributed by atoms with Crippen molar-refractivity contribution < 1.29 is 18.1 Å². The number of nitro benzene ring substituents is 1. The Labute approximate surface area is 128 Å². The van der Waals surface area contributed by atoms with Gasteiger partial charge in [-0.15, -0.1) is 0 Å². The highest BCUT2D eigenvalue weighted by Gasteiger charge is 2.27. The van der Waals surface area contributed by atoms with Crippen molar-refractivity contribution >= 4 is 21.6 Å². The van der Waals surface area contributed by atoms with E-state index in [1.807, 2.05) is 0 Å². The summed E-state index contributed by atoms with van der Waals surface area (Å²) in [5.41, 5.74) is 0.222. The normalized spacial score (nSPS) is 19.6. The molecule has 0 spiro atoms. The number of piperidine rings is 1. The maximum Gasteiger partial charge on any atom is 0.269 e. The third-order valence-electron chi connectivity index (χ3n) is 3.53. The van der Waals surface area contributed by atoms with Crippen LogP contribution in [0.25, 0.3) is 0 Å². The molecule has 0 saturated carbocycles. The van der Waals surface area contributed by atoms with Crippen molar-refractivity contribution in [1.82, 2.24) is 9.62 Å². The van der Waals surface area contributed by atoms with E-state index in [1.54, 1.807) is 0 Å². The largest absolute Gasteiger partial charge is 0.348 e. The first-order chi connectivity index (χ1) is 10.3. The summed E-state index contributed by atoms with van der Waals surface area (Å²) in [5.74, 6) is -0.366. The van der Waals surface area contributed by atoms with Crippen LogP contribution in [0.4, 0.5) is 5.69 Å². The second-order valence-electron chi connectivity index (χ2n) is 5.24. The van der Waals surface area contributed by atoms with Crippen molar-refractivity contribution in [3.05, 3.63) is 39.9 Å². The van der Waals surface area contributed by atoms with E-state index in [1.165, 1.54) is 28.6 Å². The zero-order valence-corrected chi connectivity index (χ0v) is 12.9. The van der Waals surface area contributed by atoms with Crippen LogP contribution in [0.15, 0.2) is 24.3 Å². The molecule has 0 aromatic heterocycles. The van der Waals surface area contributed by atoms with Gasteiger partial charge in [0.2, 0.25) is 10.0 Å². The van der Waals surface area contributed by atoms with Gasteiger partial charge in [-0.05, 0) is 25.0 Å². The predicted molar refractivity (Wildman–Crippen MR) is 80.0 cm³/mol. The first kappa shape index (κ1) is 16.4. The lowest BCUT2D eigenvalue weighted by Gasteiger charge is -2.31. The average molecular weight is 327 g/mol. The molecule has 1 saturated heterocycles. The van der Waals surface area contributed by atoms with Crippen LogP contribution in [-0.2, 0) is 10.0 Å². The number of nitrogens with zero attached hydrogens (tertiary/aromatic N) is 2. The lowest BCUT2D eigenvalue weighted by atomic mass is 10.1. The summed E-state index contributed by atoms with van der Waals surface area (Å²) < 4.78 is 24.4. The van der Waals surface area contributed by atoms with Crippen LogP contribution >= 0.6 is 0 Å². The number of nitro groups is 1. The molecule has 0 aliphatic carbocycles. The van der Waals surface area contributed by atoms with Gasteiger partial charge in [-0.2, -0.15) is 0 Å². The quantitative estimate of drug-likeness (QED) is 0.648. The van der Waals surface area contributed by atoms with Crippen molar-refractivity contribution in [2.45, 2.75) is 18.9 Å². The molecule has 1 aromatic rings. The highest BCUT2D eigenvalue weighted by atomic mass is 32.2. The van der Waals surface area contributed by atoms with Gasteiger partial charge in [0.05, 0.1) is 11.2 Å². The van der Waals surface area contributed by atoms with E-state index in [4.69, 9.17) is 0 Å². The summed E-state index contributed by atoms with van der Waals surface area (Å²) in [7, 11) is -3.27. The molecule has 1 aliphatic rings. The highest BCUT2D eigenvalue weighted by Crippen LogP contribution is 2.15. The summed E-state index contributed by atoms with van der Waals surface area (Å²) in [6, 6.07) is 5.03. The molecule has 1 N–H and O–H groups in total. The number of benzene rings is 1. The van der Waals surface area contributed by atoms with Gasteiger partial charge in [-0.1, -0.05) is 0 Å². The predicted octanol–water partition coefficient (Wildman–Crippen LogP) is 0.749.